The zero-order chi connectivity index (χ0) is 53.0. The van der Waals surface area contributed by atoms with E-state index in [1.807, 2.05) is 188 Å². The largest absolute Gasteiger partial charge is 0.506 e. The third-order valence-electron chi connectivity index (χ3n) is 11.8. The van der Waals surface area contributed by atoms with Crippen LogP contribution in [0.15, 0.2) is 258 Å². The van der Waals surface area contributed by atoms with Crippen molar-refractivity contribution in [2.24, 2.45) is 0 Å². The number of nitriles is 1. The van der Waals surface area contributed by atoms with Gasteiger partial charge in [-0.2, -0.15) is 18.4 Å². The molecule has 0 aliphatic heterocycles. The van der Waals surface area contributed by atoms with Crippen LogP contribution < -0.4 is 42.4 Å². The molecule has 0 saturated heterocycles. The number of aromatic hydroxyl groups is 1. The monoisotopic (exact) mass is 1180 g/mol. The molecule has 0 saturated carbocycles. The molecule has 76 heavy (non-hydrogen) atoms. The smallest absolute Gasteiger partial charge is 0.455 e. The van der Waals surface area contributed by atoms with Crippen LogP contribution in [0.2, 0.25) is 0 Å². The van der Waals surface area contributed by atoms with Gasteiger partial charge in [0.2, 0.25) is 0 Å². The number of halogens is 3. The number of Topliss-reactive ketones (excluding diaryl/α,β-unsaturated/α-hetero) is 1. The Morgan fingerprint density at radius 2 is 0.868 bits per heavy atom. The summed E-state index contributed by atoms with van der Waals surface area (Å²) in [5, 5.41) is 24.4. The molecule has 15 heteroatoms. The topological polar surface area (TPSA) is 133 Å². The van der Waals surface area contributed by atoms with E-state index in [1.54, 1.807) is 53.4 Å². The van der Waals surface area contributed by atoms with Gasteiger partial charge in [0, 0.05) is 104 Å². The summed E-state index contributed by atoms with van der Waals surface area (Å²) < 4.78 is 71.2. The number of fused-ring (bicyclic) bond motifs is 1. The quantitative estimate of drug-likeness (QED) is 0.0619. The maximum Gasteiger partial charge on any atom is 0.455 e. The first-order chi connectivity index (χ1) is 36.3. The number of alkyl halides is 3. The van der Waals surface area contributed by atoms with Crippen LogP contribution in [0.5, 0.6) is 5.75 Å². The first-order valence-corrected chi connectivity index (χ1v) is 26.4. The molecule has 0 bridgehead atoms. The predicted molar refractivity (Wildman–Crippen MR) is 292 cm³/mol. The second kappa shape index (κ2) is 25.2. The molecular weight excluding hydrogens is 1140 g/mol. The van der Waals surface area contributed by atoms with Crippen molar-refractivity contribution in [3.8, 4) is 11.8 Å². The second-order valence-electron chi connectivity index (χ2n) is 16.5. The maximum absolute atomic E-state index is 13.8. The summed E-state index contributed by atoms with van der Waals surface area (Å²) in [5.74, 6) is -3.63. The molecule has 0 amide bonds. The van der Waals surface area contributed by atoms with E-state index in [2.05, 4.69) is 4.85 Å². The van der Waals surface area contributed by atoms with Crippen molar-refractivity contribution in [2.45, 2.75) is 6.18 Å². The molecule has 1 N–H and O–H groups in total. The Bertz CT molecular complexity index is 3430. The zero-order valence-electron chi connectivity index (χ0n) is 39.9. The number of carbonyl (C=O) groups excluding carboxylic acids is 1. The van der Waals surface area contributed by atoms with E-state index in [9.17, 15) is 37.0 Å². The van der Waals surface area contributed by atoms with E-state index in [0.717, 1.165) is 31.8 Å². The van der Waals surface area contributed by atoms with Gasteiger partial charge in [0.15, 0.2) is 25.5 Å². The number of benzene rings is 9. The van der Waals surface area contributed by atoms with Gasteiger partial charge in [0.1, 0.15) is 11.3 Å². The fourth-order valence-corrected chi connectivity index (χ4v) is 13.5. The standard InChI is InChI=1S/C25H12F3N3O4.2C18H15OP.Eu/c1-30-15-4-8-17(9-5-15)31(16-6-2-14(13-29)3-7-16)18-10-11-19-20(12-18)35-24(34)21(22(19)32)23(33)25(26,27)28;2*19-20(16-10-4-1-5-11-16,17-12-6-2-7-13-17)18-14-8-3-9-15-18;/h2-12,32H;2*1-15H;. The molecule has 0 fully saturated rings. The summed E-state index contributed by atoms with van der Waals surface area (Å²) >= 11 is 0. The van der Waals surface area contributed by atoms with Crippen LogP contribution in [0.1, 0.15) is 15.9 Å². The molecule has 0 aliphatic carbocycles. The summed E-state index contributed by atoms with van der Waals surface area (Å²) in [6, 6.07) is 77.3. The van der Waals surface area contributed by atoms with Crippen molar-refractivity contribution in [2.75, 3.05) is 4.90 Å². The van der Waals surface area contributed by atoms with Crippen molar-refractivity contribution in [3.05, 3.63) is 282 Å². The van der Waals surface area contributed by atoms with E-state index in [1.165, 1.54) is 18.2 Å². The Morgan fingerprint density at radius 1 is 0.539 bits per heavy atom. The number of nitrogens with zero attached hydrogens (tertiary/aromatic N) is 3. The number of anilines is 3. The fraction of sp³-hybridized carbons (Fsp3) is 0.0164. The molecule has 375 valence electrons. The molecule has 10 rings (SSSR count). The number of ketones is 1. The average molecular weight is 1180 g/mol. The number of hydrogen-bond acceptors (Lipinski definition) is 8. The van der Waals surface area contributed by atoms with Gasteiger partial charge in [0.05, 0.1) is 23.6 Å². The van der Waals surface area contributed by atoms with Crippen LogP contribution >= 0.6 is 14.3 Å². The van der Waals surface area contributed by atoms with Gasteiger partial charge in [0.25, 0.3) is 5.78 Å². The Balaban J connectivity index is 0.000000176. The van der Waals surface area contributed by atoms with Crippen LogP contribution in [-0.4, -0.2) is 17.1 Å². The Hall–Kier alpha value is -7.73. The third-order valence-corrected chi connectivity index (χ3v) is 18.0. The van der Waals surface area contributed by atoms with Crippen molar-refractivity contribution in [1.82, 2.24) is 0 Å². The summed E-state index contributed by atoms with van der Waals surface area (Å²) in [6.45, 7) is 7.13. The Morgan fingerprint density at radius 3 is 1.18 bits per heavy atom. The van der Waals surface area contributed by atoms with Gasteiger partial charge >= 0.3 is 11.8 Å². The normalized spacial score (nSPS) is 11.0. The van der Waals surface area contributed by atoms with Crippen molar-refractivity contribution < 1.29 is 86.0 Å². The van der Waals surface area contributed by atoms with E-state index in [0.29, 0.717) is 28.3 Å². The minimum absolute atomic E-state index is 0. The fourth-order valence-electron chi connectivity index (χ4n) is 8.18. The van der Waals surface area contributed by atoms with Crippen LogP contribution in [0.4, 0.5) is 35.9 Å². The summed E-state index contributed by atoms with van der Waals surface area (Å²) in [7, 11) is -5.55. The van der Waals surface area contributed by atoms with Gasteiger partial charge < -0.3 is 23.6 Å². The number of rotatable bonds is 10. The first-order valence-electron chi connectivity index (χ1n) is 23.0. The number of hydrogen-bond donors (Lipinski definition) is 1. The molecule has 0 spiro atoms. The maximum atomic E-state index is 13.8. The predicted octanol–water partition coefficient (Wildman–Crippen LogP) is 12.8. The third kappa shape index (κ3) is 12.3. The molecule has 9 aromatic carbocycles. The molecular formula is C61H42EuF3N3O6P2. The average Bonchev–Trinajstić information content (AvgIpc) is 3.48. The molecule has 10 aromatic rings. The van der Waals surface area contributed by atoms with E-state index >= 15 is 0 Å². The van der Waals surface area contributed by atoms with Gasteiger partial charge in [-0.05, 0) is 48.5 Å². The van der Waals surface area contributed by atoms with Crippen LogP contribution in [0.25, 0.3) is 15.8 Å². The summed E-state index contributed by atoms with van der Waals surface area (Å²) in [5.41, 5.74) is -1.02. The van der Waals surface area contributed by atoms with E-state index in [-0.39, 0.29) is 60.3 Å². The van der Waals surface area contributed by atoms with Crippen molar-refractivity contribution in [3.63, 3.8) is 0 Å². The Labute approximate surface area is 477 Å². The first kappa shape index (κ1) is 56.0. The van der Waals surface area contributed by atoms with Gasteiger partial charge in [-0.25, -0.2) is 9.64 Å². The number of carbonyl (C=O) groups is 1. The van der Waals surface area contributed by atoms with Gasteiger partial charge in [-0.3, -0.25) is 4.79 Å². The zero-order valence-corrected chi connectivity index (χ0v) is 44.1. The second-order valence-corrected chi connectivity index (χ2v) is 22.0. The molecule has 9 nitrogen and oxygen atoms in total. The molecule has 1 heterocycles. The van der Waals surface area contributed by atoms with E-state index in [4.69, 9.17) is 16.3 Å². The SMILES string of the molecule is O=P(c1ccccc1)(c1ccccc1)c1ccccc1.O=P(c1ccccc1)(c1ccccc1)c1ccccc1.[C-]#[N+]c1ccc(N(c2ccc(C#N)cc2)c2ccc3c(O)c(C(=O)C(F)(F)F)c(=O)oc3c2)cc1.[Eu]. The van der Waals surface area contributed by atoms with Crippen LogP contribution in [0, 0.1) is 67.3 Å². The van der Waals surface area contributed by atoms with Gasteiger partial charge in [-0.15, -0.1) is 0 Å². The minimum atomic E-state index is -5.37. The minimum Gasteiger partial charge on any atom is -0.506 e. The van der Waals surface area contributed by atoms with Crippen LogP contribution in [0.3, 0.4) is 0 Å². The molecule has 0 atom stereocenters. The summed E-state index contributed by atoms with van der Waals surface area (Å²) in [4.78, 5) is 28.8. The van der Waals surface area contributed by atoms with E-state index < -0.39 is 43.2 Å². The molecule has 0 aliphatic rings. The van der Waals surface area contributed by atoms with Gasteiger partial charge in [-0.1, -0.05) is 194 Å². The molecule has 0 unspecified atom stereocenters. The van der Waals surface area contributed by atoms with Crippen molar-refractivity contribution >= 4 is 85.6 Å². The van der Waals surface area contributed by atoms with Crippen molar-refractivity contribution in [1.29, 1.82) is 5.26 Å². The molecule has 1 radical (unpaired) electrons. The van der Waals surface area contributed by atoms with Crippen LogP contribution in [-0.2, 0) is 9.13 Å². The Kier molecular flexibility index (Phi) is 18.6. The molecule has 1 aromatic heterocycles. The summed E-state index contributed by atoms with van der Waals surface area (Å²) in [6.07, 6.45) is -5.37.